The second-order valence-electron chi connectivity index (χ2n) is 4.16. The number of nitrogens with zero attached hydrogens (tertiary/aromatic N) is 1. The Bertz CT molecular complexity index is 298. The molecule has 1 saturated heterocycles. The van der Waals surface area contributed by atoms with E-state index in [1.165, 1.54) is 0 Å². The fourth-order valence-corrected chi connectivity index (χ4v) is 3.11. The van der Waals surface area contributed by atoms with Gasteiger partial charge in [0.05, 0.1) is 18.5 Å². The molecule has 0 bridgehead atoms. The van der Waals surface area contributed by atoms with E-state index in [9.17, 15) is 8.42 Å². The first kappa shape index (κ1) is 14.8. The maximum Gasteiger partial charge on any atom is 0.215 e. The summed E-state index contributed by atoms with van der Waals surface area (Å²) in [7, 11) is -3.26. The molecule has 1 atom stereocenters. The fraction of sp³-hybridized carbons (Fsp3) is 1.00. The molecular formula is C10H23N3O3S. The molecule has 3 N–H and O–H groups in total. The van der Waals surface area contributed by atoms with Gasteiger partial charge in [-0.1, -0.05) is 6.92 Å². The van der Waals surface area contributed by atoms with Gasteiger partial charge in [0, 0.05) is 32.7 Å². The van der Waals surface area contributed by atoms with Crippen LogP contribution in [0, 0.1) is 0 Å². The van der Waals surface area contributed by atoms with Crippen LogP contribution in [0.3, 0.4) is 0 Å². The third-order valence-corrected chi connectivity index (χ3v) is 5.00. The number of hydrogen-bond acceptors (Lipinski definition) is 5. The minimum Gasteiger partial charge on any atom is -0.379 e. The average Bonchev–Trinajstić information content (AvgIpc) is 2.31. The third kappa shape index (κ3) is 4.89. The summed E-state index contributed by atoms with van der Waals surface area (Å²) in [6.45, 7) is 6.37. The number of ether oxygens (including phenoxy) is 1. The molecule has 0 amide bonds. The Morgan fingerprint density at radius 2 is 2.06 bits per heavy atom. The lowest BCUT2D eigenvalue weighted by atomic mass is 10.3. The van der Waals surface area contributed by atoms with Gasteiger partial charge in [0.2, 0.25) is 10.0 Å². The van der Waals surface area contributed by atoms with Gasteiger partial charge in [-0.05, 0) is 6.42 Å². The average molecular weight is 265 g/mol. The van der Waals surface area contributed by atoms with E-state index in [4.69, 9.17) is 10.5 Å². The Kier molecular flexibility index (Phi) is 6.35. The van der Waals surface area contributed by atoms with Crippen molar-refractivity contribution in [2.45, 2.75) is 18.6 Å². The number of nitrogens with two attached hydrogens (primary N) is 1. The van der Waals surface area contributed by atoms with E-state index < -0.39 is 15.3 Å². The van der Waals surface area contributed by atoms with E-state index in [1.54, 1.807) is 0 Å². The van der Waals surface area contributed by atoms with Gasteiger partial charge in [0.15, 0.2) is 0 Å². The van der Waals surface area contributed by atoms with Crippen LogP contribution in [0.2, 0.25) is 0 Å². The number of rotatable bonds is 7. The van der Waals surface area contributed by atoms with Crippen molar-refractivity contribution in [3.8, 4) is 0 Å². The zero-order chi connectivity index (χ0) is 12.7. The lowest BCUT2D eigenvalue weighted by molar-refractivity contribution is 0.0390. The Morgan fingerprint density at radius 1 is 1.41 bits per heavy atom. The van der Waals surface area contributed by atoms with Crippen LogP contribution in [-0.2, 0) is 14.8 Å². The fourth-order valence-electron chi connectivity index (χ4n) is 1.80. The summed E-state index contributed by atoms with van der Waals surface area (Å²) in [5, 5.41) is -0.479. The molecule has 17 heavy (non-hydrogen) atoms. The molecule has 0 aromatic rings. The summed E-state index contributed by atoms with van der Waals surface area (Å²) < 4.78 is 31.4. The van der Waals surface area contributed by atoms with Crippen LogP contribution >= 0.6 is 0 Å². The summed E-state index contributed by atoms with van der Waals surface area (Å²) in [6, 6.07) is 0. The smallest absolute Gasteiger partial charge is 0.215 e. The lowest BCUT2D eigenvalue weighted by Crippen LogP contribution is -2.44. The van der Waals surface area contributed by atoms with Gasteiger partial charge in [-0.2, -0.15) is 0 Å². The first-order chi connectivity index (χ1) is 8.10. The largest absolute Gasteiger partial charge is 0.379 e. The Hall–Kier alpha value is -0.210. The van der Waals surface area contributed by atoms with Crippen molar-refractivity contribution >= 4 is 10.0 Å². The van der Waals surface area contributed by atoms with Gasteiger partial charge >= 0.3 is 0 Å². The van der Waals surface area contributed by atoms with Crippen LogP contribution in [0.1, 0.15) is 13.3 Å². The van der Waals surface area contributed by atoms with Crippen LogP contribution in [0.15, 0.2) is 0 Å². The molecular weight excluding hydrogens is 242 g/mol. The van der Waals surface area contributed by atoms with Gasteiger partial charge in [0.1, 0.15) is 0 Å². The minimum absolute atomic E-state index is 0.170. The highest BCUT2D eigenvalue weighted by molar-refractivity contribution is 7.90. The van der Waals surface area contributed by atoms with Crippen LogP contribution in [-0.4, -0.2) is 64.5 Å². The molecule has 0 saturated carbocycles. The molecule has 0 aromatic carbocycles. The van der Waals surface area contributed by atoms with Crippen LogP contribution in [0.25, 0.3) is 0 Å². The van der Waals surface area contributed by atoms with E-state index in [-0.39, 0.29) is 6.54 Å². The Labute approximate surface area is 104 Å². The SMILES string of the molecule is CCC(CN)S(=O)(=O)NCCN1CCOCC1. The van der Waals surface area contributed by atoms with Crippen molar-refractivity contribution in [3.63, 3.8) is 0 Å². The van der Waals surface area contributed by atoms with Crippen molar-refractivity contribution in [2.75, 3.05) is 45.9 Å². The van der Waals surface area contributed by atoms with Crippen LogP contribution in [0.5, 0.6) is 0 Å². The number of nitrogens with one attached hydrogen (secondary N) is 1. The Morgan fingerprint density at radius 3 is 2.59 bits per heavy atom. The second kappa shape index (κ2) is 7.27. The standard InChI is InChI=1S/C10H23N3O3S/c1-2-10(9-11)17(14,15)12-3-4-13-5-7-16-8-6-13/h10,12H,2-9,11H2,1H3. The monoisotopic (exact) mass is 265 g/mol. The highest BCUT2D eigenvalue weighted by atomic mass is 32.2. The third-order valence-electron chi connectivity index (χ3n) is 2.99. The molecule has 7 heteroatoms. The van der Waals surface area contributed by atoms with Gasteiger partial charge < -0.3 is 10.5 Å². The second-order valence-corrected chi connectivity index (χ2v) is 6.20. The lowest BCUT2D eigenvalue weighted by Gasteiger charge is -2.26. The van der Waals surface area contributed by atoms with Gasteiger partial charge in [-0.25, -0.2) is 13.1 Å². The van der Waals surface area contributed by atoms with Gasteiger partial charge in [-0.15, -0.1) is 0 Å². The molecule has 0 radical (unpaired) electrons. The maximum atomic E-state index is 11.8. The van der Waals surface area contributed by atoms with Crippen molar-refractivity contribution in [1.82, 2.24) is 9.62 Å². The summed E-state index contributed by atoms with van der Waals surface area (Å²) in [5.41, 5.74) is 5.44. The van der Waals surface area contributed by atoms with E-state index in [0.717, 1.165) is 32.8 Å². The van der Waals surface area contributed by atoms with Crippen LogP contribution in [0.4, 0.5) is 0 Å². The van der Waals surface area contributed by atoms with Crippen LogP contribution < -0.4 is 10.5 Å². The zero-order valence-corrected chi connectivity index (χ0v) is 11.2. The Balaban J connectivity index is 2.29. The van der Waals surface area contributed by atoms with E-state index in [0.29, 0.717) is 13.0 Å². The van der Waals surface area contributed by atoms with Crippen molar-refractivity contribution in [2.24, 2.45) is 5.73 Å². The molecule has 0 aliphatic carbocycles. The topological polar surface area (TPSA) is 84.7 Å². The quantitative estimate of drug-likeness (QED) is 0.615. The minimum atomic E-state index is -3.26. The maximum absolute atomic E-state index is 11.8. The molecule has 102 valence electrons. The van der Waals surface area contributed by atoms with Gasteiger partial charge in [0.25, 0.3) is 0 Å². The first-order valence-electron chi connectivity index (χ1n) is 6.08. The number of sulfonamides is 1. The van der Waals surface area contributed by atoms with Crippen molar-refractivity contribution in [3.05, 3.63) is 0 Å². The normalized spacial score (nSPS) is 20.4. The summed E-state index contributed by atoms with van der Waals surface area (Å²) in [6.07, 6.45) is 0.545. The highest BCUT2D eigenvalue weighted by Crippen LogP contribution is 2.02. The molecule has 1 fully saturated rings. The summed E-state index contributed by atoms with van der Waals surface area (Å²) >= 11 is 0. The summed E-state index contributed by atoms with van der Waals surface area (Å²) in [5.74, 6) is 0. The molecule has 0 aromatic heterocycles. The van der Waals surface area contributed by atoms with Crippen molar-refractivity contribution in [1.29, 1.82) is 0 Å². The van der Waals surface area contributed by atoms with Crippen molar-refractivity contribution < 1.29 is 13.2 Å². The number of hydrogen-bond donors (Lipinski definition) is 2. The number of morpholine rings is 1. The van der Waals surface area contributed by atoms with E-state index in [1.807, 2.05) is 6.92 Å². The molecule has 1 aliphatic heterocycles. The predicted octanol–water partition coefficient (Wildman–Crippen LogP) is -1.02. The van der Waals surface area contributed by atoms with Gasteiger partial charge in [-0.3, -0.25) is 4.90 Å². The first-order valence-corrected chi connectivity index (χ1v) is 7.63. The molecule has 6 nitrogen and oxygen atoms in total. The molecule has 0 spiro atoms. The predicted molar refractivity (Wildman–Crippen MR) is 67.3 cm³/mol. The molecule has 1 aliphatic rings. The molecule has 1 heterocycles. The highest BCUT2D eigenvalue weighted by Gasteiger charge is 2.21. The van der Waals surface area contributed by atoms with E-state index in [2.05, 4.69) is 9.62 Å². The zero-order valence-electron chi connectivity index (χ0n) is 10.4. The molecule has 1 rings (SSSR count). The molecule has 1 unspecified atom stereocenters. The van der Waals surface area contributed by atoms with E-state index >= 15 is 0 Å². The summed E-state index contributed by atoms with van der Waals surface area (Å²) in [4.78, 5) is 2.19.